The molecule has 162 valence electrons. The molecule has 1 aromatic heterocycles. The summed E-state index contributed by atoms with van der Waals surface area (Å²) in [4.78, 5) is 30.9. The van der Waals surface area contributed by atoms with E-state index in [1.807, 2.05) is 71.8 Å². The number of hydrogen-bond acceptors (Lipinski definition) is 4. The number of nitrogens with zero attached hydrogens (tertiary/aromatic N) is 2. The minimum absolute atomic E-state index is 0.00821. The summed E-state index contributed by atoms with van der Waals surface area (Å²) < 4.78 is 5.18. The van der Waals surface area contributed by atoms with Crippen molar-refractivity contribution in [3.05, 3.63) is 93.7 Å². The normalized spacial score (nSPS) is 10.6. The lowest BCUT2D eigenvalue weighted by molar-refractivity contribution is -0.133. The van der Waals surface area contributed by atoms with Crippen LogP contribution in [0.4, 0.5) is 0 Å². The van der Waals surface area contributed by atoms with E-state index in [-0.39, 0.29) is 18.4 Å². The van der Waals surface area contributed by atoms with Crippen LogP contribution < -0.4 is 0 Å². The van der Waals surface area contributed by atoms with Gasteiger partial charge in [-0.05, 0) is 36.1 Å². The zero-order valence-corrected chi connectivity index (χ0v) is 18.8. The van der Waals surface area contributed by atoms with Crippen LogP contribution in [0.2, 0.25) is 0 Å². The predicted molar refractivity (Wildman–Crippen MR) is 124 cm³/mol. The molecule has 0 radical (unpaired) electrons. The number of rotatable bonds is 10. The van der Waals surface area contributed by atoms with Gasteiger partial charge in [0.1, 0.15) is 6.54 Å². The van der Waals surface area contributed by atoms with Gasteiger partial charge in [0, 0.05) is 30.6 Å². The Labute approximate surface area is 187 Å². The van der Waals surface area contributed by atoms with E-state index in [1.165, 1.54) is 0 Å². The predicted octanol–water partition coefficient (Wildman–Crippen LogP) is 4.37. The standard InChI is InChI=1S/C25H28N2O3S/c1-20-10-12-22(13-11-20)25(29)26(14-15-30-2)19-24(28)27(18-23-9-6-16-31-23)17-21-7-4-3-5-8-21/h3-13,16H,14-15,17-19H2,1-2H3. The average molecular weight is 437 g/mol. The molecule has 2 amide bonds. The number of carbonyl (C=O) groups is 2. The van der Waals surface area contributed by atoms with E-state index < -0.39 is 0 Å². The molecule has 6 heteroatoms. The minimum Gasteiger partial charge on any atom is -0.383 e. The molecule has 0 fully saturated rings. The van der Waals surface area contributed by atoms with Crippen molar-refractivity contribution in [2.75, 3.05) is 26.8 Å². The van der Waals surface area contributed by atoms with Crippen LogP contribution in [-0.4, -0.2) is 48.4 Å². The van der Waals surface area contributed by atoms with Gasteiger partial charge in [0.05, 0.1) is 13.2 Å². The molecule has 5 nitrogen and oxygen atoms in total. The van der Waals surface area contributed by atoms with E-state index in [4.69, 9.17) is 4.74 Å². The first-order chi connectivity index (χ1) is 15.1. The molecule has 0 spiro atoms. The molecule has 1 heterocycles. The van der Waals surface area contributed by atoms with Crippen LogP contribution >= 0.6 is 11.3 Å². The molecule has 0 bridgehead atoms. The quantitative estimate of drug-likeness (QED) is 0.474. The minimum atomic E-state index is -0.166. The molecule has 3 rings (SSSR count). The zero-order valence-electron chi connectivity index (χ0n) is 18.0. The second kappa shape index (κ2) is 11.4. The SMILES string of the molecule is COCCN(CC(=O)N(Cc1ccccc1)Cc1cccs1)C(=O)c1ccc(C)cc1. The summed E-state index contributed by atoms with van der Waals surface area (Å²) in [5, 5.41) is 2.01. The van der Waals surface area contributed by atoms with Gasteiger partial charge in [0.2, 0.25) is 5.91 Å². The summed E-state index contributed by atoms with van der Waals surface area (Å²) in [5.74, 6) is -0.255. The number of benzene rings is 2. The molecule has 0 atom stereocenters. The summed E-state index contributed by atoms with van der Waals surface area (Å²) >= 11 is 1.62. The largest absolute Gasteiger partial charge is 0.383 e. The molecule has 0 unspecified atom stereocenters. The van der Waals surface area contributed by atoms with Crippen molar-refractivity contribution in [3.63, 3.8) is 0 Å². The highest BCUT2D eigenvalue weighted by Crippen LogP contribution is 2.16. The third kappa shape index (κ3) is 6.77. The van der Waals surface area contributed by atoms with E-state index in [9.17, 15) is 9.59 Å². The third-order valence-electron chi connectivity index (χ3n) is 4.97. The monoisotopic (exact) mass is 436 g/mol. The first-order valence-electron chi connectivity index (χ1n) is 10.3. The average Bonchev–Trinajstić information content (AvgIpc) is 3.30. The summed E-state index contributed by atoms with van der Waals surface area (Å²) in [6.45, 7) is 3.72. The van der Waals surface area contributed by atoms with Crippen LogP contribution in [0.3, 0.4) is 0 Å². The number of aryl methyl sites for hydroxylation is 1. The second-order valence-corrected chi connectivity index (χ2v) is 8.43. The summed E-state index contributed by atoms with van der Waals surface area (Å²) in [7, 11) is 1.59. The van der Waals surface area contributed by atoms with Crippen LogP contribution in [0.15, 0.2) is 72.1 Å². The van der Waals surface area contributed by atoms with E-state index in [1.54, 1.807) is 35.5 Å². The fraction of sp³-hybridized carbons (Fsp3) is 0.280. The number of amides is 2. The Hall–Kier alpha value is -2.96. The molecule has 0 aliphatic rings. The first kappa shape index (κ1) is 22.7. The van der Waals surface area contributed by atoms with E-state index >= 15 is 0 Å². The van der Waals surface area contributed by atoms with Crippen LogP contribution in [0, 0.1) is 6.92 Å². The second-order valence-electron chi connectivity index (χ2n) is 7.40. The van der Waals surface area contributed by atoms with Gasteiger partial charge < -0.3 is 14.5 Å². The van der Waals surface area contributed by atoms with Gasteiger partial charge in [-0.1, -0.05) is 54.1 Å². The fourth-order valence-corrected chi connectivity index (χ4v) is 3.94. The maximum atomic E-state index is 13.3. The Morgan fingerprint density at radius 2 is 1.65 bits per heavy atom. The maximum Gasteiger partial charge on any atom is 0.254 e. The van der Waals surface area contributed by atoms with Crippen molar-refractivity contribution in [2.45, 2.75) is 20.0 Å². The van der Waals surface area contributed by atoms with Crippen LogP contribution in [-0.2, 0) is 22.6 Å². The summed E-state index contributed by atoms with van der Waals surface area (Å²) in [6.07, 6.45) is 0. The molecule has 0 saturated carbocycles. The van der Waals surface area contributed by atoms with Crippen molar-refractivity contribution < 1.29 is 14.3 Å². The number of carbonyl (C=O) groups excluding carboxylic acids is 2. The number of methoxy groups -OCH3 is 1. The highest BCUT2D eigenvalue weighted by molar-refractivity contribution is 7.09. The number of hydrogen-bond donors (Lipinski definition) is 0. The molecular weight excluding hydrogens is 408 g/mol. The van der Waals surface area contributed by atoms with Crippen molar-refractivity contribution >= 4 is 23.2 Å². The van der Waals surface area contributed by atoms with E-state index in [0.29, 0.717) is 31.8 Å². The van der Waals surface area contributed by atoms with Gasteiger partial charge >= 0.3 is 0 Å². The van der Waals surface area contributed by atoms with Crippen LogP contribution in [0.5, 0.6) is 0 Å². The lowest BCUT2D eigenvalue weighted by atomic mass is 10.1. The van der Waals surface area contributed by atoms with Gasteiger partial charge in [-0.15, -0.1) is 11.3 Å². The van der Waals surface area contributed by atoms with Crippen LogP contribution in [0.25, 0.3) is 0 Å². The van der Waals surface area contributed by atoms with Crippen molar-refractivity contribution in [1.82, 2.24) is 9.80 Å². The molecule has 2 aromatic carbocycles. The lowest BCUT2D eigenvalue weighted by Gasteiger charge is -2.27. The van der Waals surface area contributed by atoms with Crippen molar-refractivity contribution in [1.29, 1.82) is 0 Å². The lowest BCUT2D eigenvalue weighted by Crippen LogP contribution is -2.43. The molecular formula is C25H28N2O3S. The molecule has 31 heavy (non-hydrogen) atoms. The molecule has 0 N–H and O–H groups in total. The first-order valence-corrected chi connectivity index (χ1v) is 11.1. The maximum absolute atomic E-state index is 13.3. The molecule has 0 saturated heterocycles. The van der Waals surface area contributed by atoms with Gasteiger partial charge in [0.25, 0.3) is 5.91 Å². The molecule has 0 aliphatic carbocycles. The van der Waals surface area contributed by atoms with E-state index in [0.717, 1.165) is 16.0 Å². The van der Waals surface area contributed by atoms with Gasteiger partial charge in [-0.25, -0.2) is 0 Å². The molecule has 3 aromatic rings. The molecule has 0 aliphatic heterocycles. The number of ether oxygens (including phenoxy) is 1. The summed E-state index contributed by atoms with van der Waals surface area (Å²) in [6, 6.07) is 21.3. The van der Waals surface area contributed by atoms with E-state index in [2.05, 4.69) is 0 Å². The fourth-order valence-electron chi connectivity index (χ4n) is 3.22. The Bertz CT molecular complexity index is 956. The third-order valence-corrected chi connectivity index (χ3v) is 5.83. The van der Waals surface area contributed by atoms with Crippen molar-refractivity contribution in [3.8, 4) is 0 Å². The highest BCUT2D eigenvalue weighted by Gasteiger charge is 2.23. The zero-order chi connectivity index (χ0) is 22.1. The van der Waals surface area contributed by atoms with Crippen molar-refractivity contribution in [2.24, 2.45) is 0 Å². The van der Waals surface area contributed by atoms with Crippen LogP contribution in [0.1, 0.15) is 26.4 Å². The Kier molecular flexibility index (Phi) is 8.38. The topological polar surface area (TPSA) is 49.9 Å². The Morgan fingerprint density at radius 3 is 2.29 bits per heavy atom. The van der Waals surface area contributed by atoms with Gasteiger partial charge in [-0.3, -0.25) is 9.59 Å². The number of thiophene rings is 1. The highest BCUT2D eigenvalue weighted by atomic mass is 32.1. The van der Waals surface area contributed by atoms with Gasteiger partial charge in [-0.2, -0.15) is 0 Å². The smallest absolute Gasteiger partial charge is 0.254 e. The Morgan fingerprint density at radius 1 is 0.903 bits per heavy atom. The Balaban J connectivity index is 1.77. The summed E-state index contributed by atoms with van der Waals surface area (Å²) in [5.41, 5.74) is 2.71. The van der Waals surface area contributed by atoms with Gasteiger partial charge in [0.15, 0.2) is 0 Å².